The van der Waals surface area contributed by atoms with Crippen LogP contribution in [0.4, 0.5) is 0 Å². The van der Waals surface area contributed by atoms with Crippen LogP contribution in [-0.2, 0) is 16.1 Å². The van der Waals surface area contributed by atoms with E-state index in [-0.39, 0.29) is 19.1 Å². The monoisotopic (exact) mass is 285 g/mol. The summed E-state index contributed by atoms with van der Waals surface area (Å²) in [7, 11) is 0. The number of hydrogen-bond acceptors (Lipinski definition) is 3. The SMILES string of the molecule is O=C(COCc1ccccc1)N[C@@H](CO)c1ccccc1. The van der Waals surface area contributed by atoms with E-state index in [0.717, 1.165) is 11.1 Å². The minimum Gasteiger partial charge on any atom is -0.394 e. The Morgan fingerprint density at radius 2 is 1.67 bits per heavy atom. The average molecular weight is 285 g/mol. The summed E-state index contributed by atoms with van der Waals surface area (Å²) in [4.78, 5) is 11.8. The van der Waals surface area contributed by atoms with E-state index in [2.05, 4.69) is 5.32 Å². The van der Waals surface area contributed by atoms with E-state index in [0.29, 0.717) is 6.61 Å². The van der Waals surface area contributed by atoms with Crippen molar-refractivity contribution in [2.24, 2.45) is 0 Å². The molecular formula is C17H19NO3. The molecule has 0 spiro atoms. The van der Waals surface area contributed by atoms with Gasteiger partial charge >= 0.3 is 0 Å². The second kappa shape index (κ2) is 8.19. The van der Waals surface area contributed by atoms with Gasteiger partial charge in [0.05, 0.1) is 19.3 Å². The van der Waals surface area contributed by atoms with Gasteiger partial charge in [0.25, 0.3) is 0 Å². The second-order valence-corrected chi connectivity index (χ2v) is 4.69. The summed E-state index contributed by atoms with van der Waals surface area (Å²) in [5, 5.41) is 12.1. The third kappa shape index (κ3) is 5.02. The van der Waals surface area contributed by atoms with E-state index in [1.54, 1.807) is 0 Å². The fraction of sp³-hybridized carbons (Fsp3) is 0.235. The number of carbonyl (C=O) groups excluding carboxylic acids is 1. The van der Waals surface area contributed by atoms with Crippen molar-refractivity contribution in [2.45, 2.75) is 12.6 Å². The van der Waals surface area contributed by atoms with Gasteiger partial charge in [-0.3, -0.25) is 4.79 Å². The van der Waals surface area contributed by atoms with Gasteiger partial charge in [0.2, 0.25) is 5.91 Å². The topological polar surface area (TPSA) is 58.6 Å². The van der Waals surface area contributed by atoms with Crippen LogP contribution in [0.3, 0.4) is 0 Å². The molecule has 0 saturated carbocycles. The molecule has 0 radical (unpaired) electrons. The summed E-state index contributed by atoms with van der Waals surface area (Å²) in [6.07, 6.45) is 0. The minimum absolute atomic E-state index is 0.0295. The van der Waals surface area contributed by atoms with Gasteiger partial charge in [0.15, 0.2) is 0 Å². The molecule has 0 saturated heterocycles. The van der Waals surface area contributed by atoms with E-state index >= 15 is 0 Å². The van der Waals surface area contributed by atoms with Crippen molar-refractivity contribution in [3.8, 4) is 0 Å². The first kappa shape index (κ1) is 15.2. The predicted molar refractivity (Wildman–Crippen MR) is 80.5 cm³/mol. The highest BCUT2D eigenvalue weighted by Crippen LogP contribution is 2.11. The molecule has 0 aliphatic rings. The van der Waals surface area contributed by atoms with Crippen LogP contribution in [0, 0.1) is 0 Å². The number of rotatable bonds is 7. The fourth-order valence-corrected chi connectivity index (χ4v) is 1.99. The molecule has 1 amide bonds. The van der Waals surface area contributed by atoms with E-state index < -0.39 is 6.04 Å². The number of ether oxygens (including phenoxy) is 1. The van der Waals surface area contributed by atoms with Gasteiger partial charge in [-0.1, -0.05) is 60.7 Å². The first-order valence-corrected chi connectivity index (χ1v) is 6.86. The van der Waals surface area contributed by atoms with Crippen LogP contribution in [0.2, 0.25) is 0 Å². The Morgan fingerprint density at radius 1 is 1.05 bits per heavy atom. The molecule has 2 aromatic carbocycles. The number of aliphatic hydroxyl groups excluding tert-OH is 1. The van der Waals surface area contributed by atoms with Crippen LogP contribution in [0.1, 0.15) is 17.2 Å². The van der Waals surface area contributed by atoms with Crippen molar-refractivity contribution in [1.82, 2.24) is 5.32 Å². The molecule has 4 heteroatoms. The van der Waals surface area contributed by atoms with E-state index in [9.17, 15) is 9.90 Å². The van der Waals surface area contributed by atoms with Crippen molar-refractivity contribution in [1.29, 1.82) is 0 Å². The van der Waals surface area contributed by atoms with Gasteiger partial charge in [-0.25, -0.2) is 0 Å². The minimum atomic E-state index is -0.404. The lowest BCUT2D eigenvalue weighted by molar-refractivity contribution is -0.127. The number of aliphatic hydroxyl groups is 1. The largest absolute Gasteiger partial charge is 0.394 e. The van der Waals surface area contributed by atoms with E-state index in [1.807, 2.05) is 60.7 Å². The third-order valence-corrected chi connectivity index (χ3v) is 3.06. The molecule has 0 heterocycles. The highest BCUT2D eigenvalue weighted by Gasteiger charge is 2.13. The van der Waals surface area contributed by atoms with Gasteiger partial charge in [-0.15, -0.1) is 0 Å². The highest BCUT2D eigenvalue weighted by atomic mass is 16.5. The quantitative estimate of drug-likeness (QED) is 0.818. The average Bonchev–Trinajstić information content (AvgIpc) is 2.54. The molecule has 0 fully saturated rings. The molecule has 0 aromatic heterocycles. The maximum atomic E-state index is 11.8. The number of amides is 1. The normalized spacial score (nSPS) is 11.9. The van der Waals surface area contributed by atoms with Crippen molar-refractivity contribution in [2.75, 3.05) is 13.2 Å². The number of benzene rings is 2. The fourth-order valence-electron chi connectivity index (χ4n) is 1.99. The smallest absolute Gasteiger partial charge is 0.246 e. The third-order valence-electron chi connectivity index (χ3n) is 3.06. The standard InChI is InChI=1S/C17H19NO3/c19-11-16(15-9-5-2-6-10-15)18-17(20)13-21-12-14-7-3-1-4-8-14/h1-10,16,19H,11-13H2,(H,18,20)/t16-/m0/s1. The highest BCUT2D eigenvalue weighted by molar-refractivity contribution is 5.77. The molecule has 0 bridgehead atoms. The van der Waals surface area contributed by atoms with Crippen LogP contribution in [0.15, 0.2) is 60.7 Å². The predicted octanol–water partition coefficient (Wildman–Crippen LogP) is 2.05. The zero-order valence-corrected chi connectivity index (χ0v) is 11.7. The van der Waals surface area contributed by atoms with E-state index in [1.165, 1.54) is 0 Å². The summed E-state index contributed by atoms with van der Waals surface area (Å²) < 4.78 is 5.37. The molecule has 0 aliphatic carbocycles. The first-order chi connectivity index (χ1) is 10.3. The molecule has 0 unspecified atom stereocenters. The van der Waals surface area contributed by atoms with Crippen LogP contribution in [-0.4, -0.2) is 24.2 Å². The maximum absolute atomic E-state index is 11.8. The molecule has 4 nitrogen and oxygen atoms in total. The number of nitrogens with one attached hydrogen (secondary N) is 1. The van der Waals surface area contributed by atoms with Gasteiger partial charge in [-0.2, -0.15) is 0 Å². The van der Waals surface area contributed by atoms with Crippen LogP contribution in [0.5, 0.6) is 0 Å². The molecule has 2 N–H and O–H groups in total. The second-order valence-electron chi connectivity index (χ2n) is 4.69. The molecule has 2 aromatic rings. The Kier molecular flexibility index (Phi) is 5.94. The van der Waals surface area contributed by atoms with Gasteiger partial charge < -0.3 is 15.2 Å². The van der Waals surface area contributed by atoms with Crippen LogP contribution < -0.4 is 5.32 Å². The number of hydrogen-bond donors (Lipinski definition) is 2. The van der Waals surface area contributed by atoms with Gasteiger partial charge in [0, 0.05) is 0 Å². The van der Waals surface area contributed by atoms with Crippen LogP contribution >= 0.6 is 0 Å². The molecular weight excluding hydrogens is 266 g/mol. The summed E-state index contributed by atoms with van der Waals surface area (Å²) in [6, 6.07) is 18.6. The zero-order valence-electron chi connectivity index (χ0n) is 11.7. The van der Waals surface area contributed by atoms with Crippen molar-refractivity contribution in [3.05, 3.63) is 71.8 Å². The van der Waals surface area contributed by atoms with Crippen molar-refractivity contribution in [3.63, 3.8) is 0 Å². The lowest BCUT2D eigenvalue weighted by Crippen LogP contribution is -2.33. The Morgan fingerprint density at radius 3 is 2.29 bits per heavy atom. The summed E-state index contributed by atoms with van der Waals surface area (Å²) in [5.74, 6) is -0.242. The molecule has 1 atom stereocenters. The zero-order chi connectivity index (χ0) is 14.9. The van der Waals surface area contributed by atoms with E-state index in [4.69, 9.17) is 4.74 Å². The Bertz CT molecular complexity index is 542. The lowest BCUT2D eigenvalue weighted by atomic mass is 10.1. The molecule has 110 valence electrons. The Hall–Kier alpha value is -2.17. The molecule has 2 rings (SSSR count). The Labute approximate surface area is 124 Å². The Balaban J connectivity index is 1.78. The molecule has 21 heavy (non-hydrogen) atoms. The number of carbonyl (C=O) groups is 1. The summed E-state index contributed by atoms with van der Waals surface area (Å²) >= 11 is 0. The maximum Gasteiger partial charge on any atom is 0.246 e. The molecule has 0 aliphatic heterocycles. The van der Waals surface area contributed by atoms with Crippen LogP contribution in [0.25, 0.3) is 0 Å². The van der Waals surface area contributed by atoms with Gasteiger partial charge in [0.1, 0.15) is 6.61 Å². The first-order valence-electron chi connectivity index (χ1n) is 6.86. The lowest BCUT2D eigenvalue weighted by Gasteiger charge is -2.16. The van der Waals surface area contributed by atoms with Crippen molar-refractivity contribution < 1.29 is 14.6 Å². The van der Waals surface area contributed by atoms with Crippen molar-refractivity contribution >= 4 is 5.91 Å². The summed E-state index contributed by atoms with van der Waals surface area (Å²) in [5.41, 5.74) is 1.89. The summed E-state index contributed by atoms with van der Waals surface area (Å²) in [6.45, 7) is 0.218. The van der Waals surface area contributed by atoms with Gasteiger partial charge in [-0.05, 0) is 11.1 Å².